The van der Waals surface area contributed by atoms with Crippen LogP contribution in [0.3, 0.4) is 0 Å². The van der Waals surface area contributed by atoms with Gasteiger partial charge in [-0.15, -0.1) is 5.10 Å². The Bertz CT molecular complexity index is 794. The number of esters is 1. The quantitative estimate of drug-likeness (QED) is 0.637. The Balaban J connectivity index is 1.73. The first kappa shape index (κ1) is 16.3. The summed E-state index contributed by atoms with van der Waals surface area (Å²) in [5, 5.41) is 6.19. The third-order valence-corrected chi connectivity index (χ3v) is 4.34. The van der Waals surface area contributed by atoms with Crippen molar-refractivity contribution in [3.63, 3.8) is 0 Å². The van der Waals surface area contributed by atoms with Crippen molar-refractivity contribution >= 4 is 41.0 Å². The van der Waals surface area contributed by atoms with Crippen LogP contribution in [0, 0.1) is 0 Å². The third kappa shape index (κ3) is 3.36. The summed E-state index contributed by atoms with van der Waals surface area (Å²) in [5.41, 5.74) is 1.15. The van der Waals surface area contributed by atoms with Crippen LogP contribution < -0.4 is 5.32 Å². The maximum Gasteiger partial charge on any atom is 0.338 e. The maximum absolute atomic E-state index is 12.3. The minimum absolute atomic E-state index is 0.00501. The Morgan fingerprint density at radius 2 is 2.17 bits per heavy atom. The second-order valence-electron chi connectivity index (χ2n) is 4.87. The smallest absolute Gasteiger partial charge is 0.338 e. The molecule has 3 rings (SSSR count). The van der Waals surface area contributed by atoms with Crippen LogP contribution in [0.2, 0.25) is 4.34 Å². The fraction of sp³-hybridized carbons (Fsp3) is 0.214. The van der Waals surface area contributed by atoms with Crippen LogP contribution >= 0.6 is 23.1 Å². The second-order valence-corrected chi connectivity index (χ2v) is 6.22. The molecule has 1 saturated heterocycles. The molecule has 2 aromatic rings. The van der Waals surface area contributed by atoms with Crippen LogP contribution in [0.15, 0.2) is 24.3 Å². The third-order valence-electron chi connectivity index (χ3n) is 3.35. The van der Waals surface area contributed by atoms with E-state index < -0.39 is 12.0 Å². The van der Waals surface area contributed by atoms with Gasteiger partial charge in [-0.2, -0.15) is 0 Å². The van der Waals surface area contributed by atoms with Gasteiger partial charge in [0.15, 0.2) is 0 Å². The van der Waals surface area contributed by atoms with Gasteiger partial charge in [0.25, 0.3) is 0 Å². The molecule has 0 unspecified atom stereocenters. The summed E-state index contributed by atoms with van der Waals surface area (Å²) in [6.07, 6.45) is 0. The summed E-state index contributed by atoms with van der Waals surface area (Å²) in [5.74, 6) is -0.940. The first-order valence-electron chi connectivity index (χ1n) is 6.86. The van der Waals surface area contributed by atoms with Crippen molar-refractivity contribution < 1.29 is 19.1 Å². The summed E-state index contributed by atoms with van der Waals surface area (Å²) in [6.45, 7) is -0.151. The van der Waals surface area contributed by atoms with Crippen LogP contribution in [-0.2, 0) is 22.7 Å². The predicted molar refractivity (Wildman–Crippen MR) is 84.4 cm³/mol. The number of amides is 3. The number of ether oxygens (including phenoxy) is 1. The van der Waals surface area contributed by atoms with E-state index >= 15 is 0 Å². The van der Waals surface area contributed by atoms with Gasteiger partial charge < -0.3 is 10.1 Å². The van der Waals surface area contributed by atoms with E-state index in [1.807, 2.05) is 0 Å². The molecule has 1 N–H and O–H groups in total. The average Bonchev–Trinajstić information content (AvgIpc) is 3.13. The van der Waals surface area contributed by atoms with Crippen LogP contribution in [-0.4, -0.2) is 38.9 Å². The van der Waals surface area contributed by atoms with Crippen molar-refractivity contribution in [1.82, 2.24) is 19.8 Å². The van der Waals surface area contributed by atoms with E-state index in [-0.39, 0.29) is 31.2 Å². The number of hydrogen-bond acceptors (Lipinski definition) is 7. The lowest BCUT2D eigenvalue weighted by Crippen LogP contribution is -2.31. The number of carbonyl (C=O) groups is 3. The second kappa shape index (κ2) is 6.93. The zero-order valence-electron chi connectivity index (χ0n) is 12.2. The van der Waals surface area contributed by atoms with Crippen molar-refractivity contribution in [1.29, 1.82) is 0 Å². The molecule has 124 valence electrons. The number of imide groups is 1. The Kier molecular flexibility index (Phi) is 4.72. The largest absolute Gasteiger partial charge is 0.455 e. The van der Waals surface area contributed by atoms with Gasteiger partial charge in [0.05, 0.1) is 18.7 Å². The number of halogens is 1. The zero-order valence-corrected chi connectivity index (χ0v) is 13.8. The van der Waals surface area contributed by atoms with E-state index in [4.69, 9.17) is 16.3 Å². The first-order valence-corrected chi connectivity index (χ1v) is 8.01. The van der Waals surface area contributed by atoms with E-state index in [1.54, 1.807) is 24.3 Å². The highest BCUT2D eigenvalue weighted by atomic mass is 35.5. The van der Waals surface area contributed by atoms with Crippen molar-refractivity contribution in [2.24, 2.45) is 0 Å². The zero-order chi connectivity index (χ0) is 17.1. The van der Waals surface area contributed by atoms with Crippen LogP contribution in [0.5, 0.6) is 0 Å². The molecule has 0 radical (unpaired) electrons. The standard InChI is InChI=1S/C14H11ClN4O4S/c15-12-10(17-18-24-12)7-23-13(21)9-4-2-1-3-8(9)6-19-11(20)5-16-14(19)22/h1-4H,5-7H2,(H,16,22). The average molecular weight is 367 g/mol. The molecule has 0 saturated carbocycles. The molecule has 0 aliphatic carbocycles. The molecule has 1 aromatic heterocycles. The topological polar surface area (TPSA) is 101 Å². The Morgan fingerprint density at radius 3 is 2.83 bits per heavy atom. The molecule has 1 fully saturated rings. The number of benzene rings is 1. The van der Waals surface area contributed by atoms with E-state index in [0.717, 1.165) is 16.4 Å². The number of urea groups is 1. The van der Waals surface area contributed by atoms with Gasteiger partial charge in [-0.1, -0.05) is 34.3 Å². The molecule has 3 amide bonds. The van der Waals surface area contributed by atoms with Crippen LogP contribution in [0.25, 0.3) is 0 Å². The maximum atomic E-state index is 12.3. The lowest BCUT2D eigenvalue weighted by molar-refractivity contribution is -0.125. The molecule has 0 spiro atoms. The molecule has 1 aliphatic heterocycles. The highest BCUT2D eigenvalue weighted by Crippen LogP contribution is 2.19. The summed E-state index contributed by atoms with van der Waals surface area (Å²) in [7, 11) is 0. The molecule has 0 bridgehead atoms. The van der Waals surface area contributed by atoms with E-state index in [9.17, 15) is 14.4 Å². The van der Waals surface area contributed by atoms with E-state index in [1.165, 1.54) is 0 Å². The summed E-state index contributed by atoms with van der Waals surface area (Å²) < 4.78 is 9.20. The highest BCUT2D eigenvalue weighted by molar-refractivity contribution is 7.10. The van der Waals surface area contributed by atoms with E-state index in [0.29, 0.717) is 15.6 Å². The molecule has 2 heterocycles. The van der Waals surface area contributed by atoms with Crippen LogP contribution in [0.4, 0.5) is 4.79 Å². The van der Waals surface area contributed by atoms with Gasteiger partial charge in [0.2, 0.25) is 5.91 Å². The fourth-order valence-corrected chi connectivity index (χ4v) is 2.74. The number of aromatic nitrogens is 2. The molecule has 8 nitrogen and oxygen atoms in total. The van der Waals surface area contributed by atoms with Gasteiger partial charge in [-0.3, -0.25) is 9.69 Å². The number of carbonyl (C=O) groups excluding carboxylic acids is 3. The van der Waals surface area contributed by atoms with Crippen molar-refractivity contribution in [3.8, 4) is 0 Å². The lowest BCUT2D eigenvalue weighted by Gasteiger charge is -2.15. The number of hydrogen-bond donors (Lipinski definition) is 1. The first-order chi connectivity index (χ1) is 11.6. The summed E-state index contributed by atoms with van der Waals surface area (Å²) >= 11 is 6.86. The summed E-state index contributed by atoms with van der Waals surface area (Å²) in [6, 6.07) is 6.13. The Labute approximate surface area is 145 Å². The molecular weight excluding hydrogens is 356 g/mol. The van der Waals surface area contributed by atoms with Gasteiger partial charge in [0.1, 0.15) is 16.6 Å². The minimum atomic E-state index is -0.596. The molecule has 1 aromatic carbocycles. The molecule has 0 atom stereocenters. The fourth-order valence-electron chi connectivity index (χ4n) is 2.14. The Morgan fingerprint density at radius 1 is 1.38 bits per heavy atom. The predicted octanol–water partition coefficient (Wildman–Crippen LogP) is 1.60. The van der Waals surface area contributed by atoms with Gasteiger partial charge in [-0.25, -0.2) is 9.59 Å². The van der Waals surface area contributed by atoms with Gasteiger partial charge in [0, 0.05) is 11.5 Å². The molecule has 1 aliphatic rings. The Hall–Kier alpha value is -2.52. The SMILES string of the molecule is O=C(OCc1nnsc1Cl)c1ccccc1CN1C(=O)CNC1=O. The van der Waals surface area contributed by atoms with Crippen LogP contribution in [0.1, 0.15) is 21.6 Å². The number of nitrogens with zero attached hydrogens (tertiary/aromatic N) is 3. The monoisotopic (exact) mass is 366 g/mol. The number of nitrogens with one attached hydrogen (secondary N) is 1. The van der Waals surface area contributed by atoms with Gasteiger partial charge >= 0.3 is 12.0 Å². The van der Waals surface area contributed by atoms with Gasteiger partial charge in [-0.05, 0) is 11.6 Å². The molecular formula is C14H11ClN4O4S. The normalized spacial score (nSPS) is 14.0. The molecule has 24 heavy (non-hydrogen) atoms. The molecule has 10 heteroatoms. The highest BCUT2D eigenvalue weighted by Gasteiger charge is 2.29. The number of rotatable bonds is 5. The van der Waals surface area contributed by atoms with Crippen molar-refractivity contribution in [3.05, 3.63) is 45.4 Å². The summed E-state index contributed by atoms with van der Waals surface area (Å²) in [4.78, 5) is 36.7. The van der Waals surface area contributed by atoms with E-state index in [2.05, 4.69) is 14.9 Å². The van der Waals surface area contributed by atoms with Crippen molar-refractivity contribution in [2.45, 2.75) is 13.2 Å². The lowest BCUT2D eigenvalue weighted by atomic mass is 10.1. The van der Waals surface area contributed by atoms with Crippen molar-refractivity contribution in [2.75, 3.05) is 6.54 Å². The minimum Gasteiger partial charge on any atom is -0.455 e.